The molecule has 1 atom stereocenters. The predicted molar refractivity (Wildman–Crippen MR) is 64.7 cm³/mol. The summed E-state index contributed by atoms with van der Waals surface area (Å²) in [5, 5.41) is 29.4. The quantitative estimate of drug-likeness (QED) is 0.460. The average Bonchev–Trinajstić information content (AvgIpc) is 2.42. The van der Waals surface area contributed by atoms with Gasteiger partial charge in [0.25, 0.3) is 11.3 Å². The van der Waals surface area contributed by atoms with Crippen molar-refractivity contribution in [1.29, 1.82) is 0 Å². The van der Waals surface area contributed by atoms with Gasteiger partial charge in [0.1, 0.15) is 0 Å². The minimum absolute atomic E-state index is 0.0317. The summed E-state index contributed by atoms with van der Waals surface area (Å²) in [7, 11) is 0. The number of hydrogen-bond acceptors (Lipinski definition) is 4. The molecule has 0 amide bonds. The Bertz CT molecular complexity index is 692. The standard InChI is InChI=1S/C12H8F9NO4/c1-8(23,10(13,14)15)5-2-6(4-7(3-5)22(25)26)9(24,11(16,17)18)12(19,20)21/h2-4,23-24H,1H3. The first-order chi connectivity index (χ1) is 11.3. The second kappa shape index (κ2) is 5.97. The van der Waals surface area contributed by atoms with Crippen LogP contribution in [-0.2, 0) is 11.2 Å². The van der Waals surface area contributed by atoms with Gasteiger partial charge < -0.3 is 10.2 Å². The molecule has 5 nitrogen and oxygen atoms in total. The largest absolute Gasteiger partial charge is 0.430 e. The molecule has 0 aliphatic rings. The van der Waals surface area contributed by atoms with Crippen LogP contribution < -0.4 is 0 Å². The van der Waals surface area contributed by atoms with E-state index in [1.54, 1.807) is 0 Å². The molecule has 1 rings (SSSR count). The van der Waals surface area contributed by atoms with Crippen molar-refractivity contribution in [2.24, 2.45) is 0 Å². The molecular weight excluding hydrogens is 393 g/mol. The SMILES string of the molecule is CC(O)(c1cc([N+](=O)[O-])cc(C(O)(C(F)(F)F)C(F)(F)F)c1)C(F)(F)F. The second-order valence-corrected chi connectivity index (χ2v) is 5.30. The van der Waals surface area contributed by atoms with Crippen LogP contribution in [0, 0.1) is 10.1 Å². The molecule has 0 aliphatic heterocycles. The van der Waals surface area contributed by atoms with Crippen molar-refractivity contribution in [2.75, 3.05) is 0 Å². The molecular formula is C12H8F9NO4. The molecule has 0 aromatic heterocycles. The Morgan fingerprint density at radius 1 is 0.808 bits per heavy atom. The summed E-state index contributed by atoms with van der Waals surface area (Å²) in [4.78, 5) is 9.13. The number of halogens is 9. The number of benzene rings is 1. The first kappa shape index (κ1) is 22.0. The van der Waals surface area contributed by atoms with Crippen LogP contribution >= 0.6 is 0 Å². The van der Waals surface area contributed by atoms with E-state index in [1.165, 1.54) is 0 Å². The van der Waals surface area contributed by atoms with Crippen molar-refractivity contribution < 1.29 is 54.7 Å². The maximum atomic E-state index is 12.9. The Hall–Kier alpha value is -2.09. The Morgan fingerprint density at radius 2 is 1.19 bits per heavy atom. The lowest BCUT2D eigenvalue weighted by Crippen LogP contribution is -2.54. The highest BCUT2D eigenvalue weighted by Gasteiger charge is 2.72. The molecule has 2 N–H and O–H groups in total. The number of nitrogens with zero attached hydrogens (tertiary/aromatic N) is 1. The summed E-state index contributed by atoms with van der Waals surface area (Å²) in [6.45, 7) is -0.0317. The lowest BCUT2D eigenvalue weighted by Gasteiger charge is -2.34. The first-order valence-electron chi connectivity index (χ1n) is 6.22. The number of rotatable bonds is 3. The van der Waals surface area contributed by atoms with Gasteiger partial charge in [-0.3, -0.25) is 10.1 Å². The lowest BCUT2D eigenvalue weighted by molar-refractivity contribution is -0.387. The van der Waals surface area contributed by atoms with Gasteiger partial charge in [0.05, 0.1) is 4.92 Å². The lowest BCUT2D eigenvalue weighted by atomic mass is 9.86. The van der Waals surface area contributed by atoms with E-state index in [0.29, 0.717) is 0 Å². The van der Waals surface area contributed by atoms with Gasteiger partial charge in [-0.1, -0.05) is 0 Å². The number of alkyl halides is 9. The highest BCUT2D eigenvalue weighted by molar-refractivity contribution is 5.45. The zero-order valence-corrected chi connectivity index (χ0v) is 12.3. The molecule has 0 radical (unpaired) electrons. The van der Waals surface area contributed by atoms with Crippen LogP contribution in [0.2, 0.25) is 0 Å². The van der Waals surface area contributed by atoms with Gasteiger partial charge in [-0.2, -0.15) is 39.5 Å². The average molecular weight is 401 g/mol. The Kier molecular flexibility index (Phi) is 5.04. The smallest absolute Gasteiger partial charge is 0.376 e. The summed E-state index contributed by atoms with van der Waals surface area (Å²) in [5.74, 6) is 0. The normalized spacial score (nSPS) is 16.3. The minimum atomic E-state index is -6.48. The molecule has 148 valence electrons. The van der Waals surface area contributed by atoms with Crippen LogP contribution in [0.25, 0.3) is 0 Å². The van der Waals surface area contributed by atoms with E-state index in [4.69, 9.17) is 0 Å². The van der Waals surface area contributed by atoms with Crippen molar-refractivity contribution in [3.8, 4) is 0 Å². The molecule has 0 aliphatic carbocycles. The fourth-order valence-electron chi connectivity index (χ4n) is 1.86. The van der Waals surface area contributed by atoms with Crippen molar-refractivity contribution in [3.05, 3.63) is 39.4 Å². The van der Waals surface area contributed by atoms with Gasteiger partial charge >= 0.3 is 18.5 Å². The number of nitro benzene ring substituents is 1. The van der Waals surface area contributed by atoms with Crippen LogP contribution in [0.1, 0.15) is 18.1 Å². The third-order valence-corrected chi connectivity index (χ3v) is 3.48. The second-order valence-electron chi connectivity index (χ2n) is 5.30. The van der Waals surface area contributed by atoms with E-state index in [1.807, 2.05) is 0 Å². The molecule has 0 saturated carbocycles. The van der Waals surface area contributed by atoms with Crippen LogP contribution in [0.4, 0.5) is 45.2 Å². The summed E-state index contributed by atoms with van der Waals surface area (Å²) in [5.41, 5.74) is -15.4. The van der Waals surface area contributed by atoms with E-state index in [0.717, 1.165) is 0 Å². The Labute approximate surface area is 137 Å². The molecule has 0 heterocycles. The number of non-ortho nitro benzene ring substituents is 1. The third-order valence-electron chi connectivity index (χ3n) is 3.48. The first-order valence-corrected chi connectivity index (χ1v) is 6.22. The topological polar surface area (TPSA) is 83.6 Å². The van der Waals surface area contributed by atoms with Gasteiger partial charge in [-0.05, 0) is 18.6 Å². The van der Waals surface area contributed by atoms with Crippen LogP contribution in [0.3, 0.4) is 0 Å². The van der Waals surface area contributed by atoms with Crippen molar-refractivity contribution in [1.82, 2.24) is 0 Å². The fraction of sp³-hybridized carbons (Fsp3) is 0.500. The molecule has 14 heteroatoms. The van der Waals surface area contributed by atoms with E-state index in [2.05, 4.69) is 0 Å². The predicted octanol–water partition coefficient (Wildman–Crippen LogP) is 3.68. The molecule has 1 unspecified atom stereocenters. The number of nitro groups is 1. The zero-order chi connectivity index (χ0) is 20.9. The maximum absolute atomic E-state index is 12.9. The Balaban J connectivity index is 3.92. The number of aliphatic hydroxyl groups is 2. The van der Waals surface area contributed by atoms with Crippen LogP contribution in [0.5, 0.6) is 0 Å². The molecule has 1 aromatic rings. The maximum Gasteiger partial charge on any atom is 0.430 e. The monoisotopic (exact) mass is 401 g/mol. The van der Waals surface area contributed by atoms with Crippen LogP contribution in [0.15, 0.2) is 18.2 Å². The van der Waals surface area contributed by atoms with Gasteiger partial charge in [0.15, 0.2) is 5.60 Å². The van der Waals surface area contributed by atoms with Gasteiger partial charge in [-0.25, -0.2) is 0 Å². The molecule has 0 spiro atoms. The summed E-state index contributed by atoms with van der Waals surface area (Å²) < 4.78 is 116. The van der Waals surface area contributed by atoms with Crippen molar-refractivity contribution in [3.63, 3.8) is 0 Å². The molecule has 26 heavy (non-hydrogen) atoms. The van der Waals surface area contributed by atoms with Gasteiger partial charge in [-0.15, -0.1) is 0 Å². The summed E-state index contributed by atoms with van der Waals surface area (Å²) in [6.07, 6.45) is -18.6. The highest BCUT2D eigenvalue weighted by Crippen LogP contribution is 2.51. The fourth-order valence-corrected chi connectivity index (χ4v) is 1.86. The molecule has 1 aromatic carbocycles. The summed E-state index contributed by atoms with van der Waals surface area (Å²) >= 11 is 0. The van der Waals surface area contributed by atoms with E-state index < -0.39 is 57.5 Å². The minimum Gasteiger partial charge on any atom is -0.376 e. The summed E-state index contributed by atoms with van der Waals surface area (Å²) in [6, 6.07) is -0.872. The molecule has 0 saturated heterocycles. The van der Waals surface area contributed by atoms with Crippen molar-refractivity contribution in [2.45, 2.75) is 36.7 Å². The third kappa shape index (κ3) is 3.42. The molecule has 0 fully saturated rings. The van der Waals surface area contributed by atoms with E-state index in [-0.39, 0.29) is 19.1 Å². The zero-order valence-electron chi connectivity index (χ0n) is 12.3. The Morgan fingerprint density at radius 3 is 1.50 bits per heavy atom. The van der Waals surface area contributed by atoms with Crippen LogP contribution in [-0.4, -0.2) is 33.7 Å². The van der Waals surface area contributed by atoms with Crippen molar-refractivity contribution >= 4 is 5.69 Å². The van der Waals surface area contributed by atoms with E-state index >= 15 is 0 Å². The molecule has 0 bridgehead atoms. The number of hydrogen-bond donors (Lipinski definition) is 2. The highest BCUT2D eigenvalue weighted by atomic mass is 19.4. The van der Waals surface area contributed by atoms with Gasteiger partial charge in [0, 0.05) is 17.7 Å². The van der Waals surface area contributed by atoms with E-state index in [9.17, 15) is 59.8 Å². The van der Waals surface area contributed by atoms with Gasteiger partial charge in [0.2, 0.25) is 0 Å².